The van der Waals surface area contributed by atoms with Crippen LogP contribution in [0.1, 0.15) is 88.9 Å². The van der Waals surface area contributed by atoms with E-state index in [1.165, 1.54) is 62.1 Å². The van der Waals surface area contributed by atoms with E-state index >= 15 is 0 Å². The number of Topliss-reactive ketones (excluding diaryl/α,β-unsaturated/α-hetero) is 1. The Morgan fingerprint density at radius 1 is 0.879 bits per heavy atom. The van der Waals surface area contributed by atoms with Crippen LogP contribution < -0.4 is 5.73 Å². The zero-order valence-electron chi connectivity index (χ0n) is 20.8. The minimum atomic E-state index is 0.0263. The lowest BCUT2D eigenvalue weighted by Crippen LogP contribution is -2.66. The standard InChI is InChI=1S/C31H41NO/c1-20-12-16-30(3)26-14-15-29(2)25(24(26)13-17-31(30,32)19-20)10-11-27(29)28(33)23-9-8-21-6-4-5-7-22(21)18-23/h4-9,18,20,24-27H,10-17,19,32H2,1-3H3/t20-,24-,25?,26-,27+,29-,30+,31-/m0/s1. The molecule has 0 aromatic heterocycles. The van der Waals surface area contributed by atoms with E-state index < -0.39 is 0 Å². The molecule has 0 radical (unpaired) electrons. The van der Waals surface area contributed by atoms with Gasteiger partial charge in [0.25, 0.3) is 0 Å². The molecule has 2 nitrogen and oxygen atoms in total. The van der Waals surface area contributed by atoms with Gasteiger partial charge in [-0.1, -0.05) is 63.6 Å². The van der Waals surface area contributed by atoms with Crippen LogP contribution in [0.4, 0.5) is 0 Å². The number of ketones is 1. The molecule has 6 rings (SSSR count). The van der Waals surface area contributed by atoms with Gasteiger partial charge in [-0.05, 0) is 103 Å². The van der Waals surface area contributed by atoms with Crippen LogP contribution in [-0.2, 0) is 0 Å². The van der Waals surface area contributed by atoms with Gasteiger partial charge >= 0.3 is 0 Å². The van der Waals surface area contributed by atoms with Crippen LogP contribution >= 0.6 is 0 Å². The summed E-state index contributed by atoms with van der Waals surface area (Å²) in [6.07, 6.45) is 11.1. The van der Waals surface area contributed by atoms with Crippen molar-refractivity contribution in [1.82, 2.24) is 0 Å². The minimum absolute atomic E-state index is 0.0263. The van der Waals surface area contributed by atoms with Crippen molar-refractivity contribution < 1.29 is 4.79 Å². The van der Waals surface area contributed by atoms with Crippen LogP contribution in [0.5, 0.6) is 0 Å². The Morgan fingerprint density at radius 2 is 1.67 bits per heavy atom. The molecule has 0 bridgehead atoms. The number of fused-ring (bicyclic) bond motifs is 6. The lowest BCUT2D eigenvalue weighted by Gasteiger charge is -2.65. The average Bonchev–Trinajstić information content (AvgIpc) is 3.16. The average molecular weight is 444 g/mol. The first-order valence-electron chi connectivity index (χ1n) is 13.6. The predicted molar refractivity (Wildman–Crippen MR) is 136 cm³/mol. The molecule has 2 aromatic carbocycles. The second-order valence-electron chi connectivity index (χ2n) is 12.9. The highest BCUT2D eigenvalue weighted by Gasteiger charge is 2.64. The van der Waals surface area contributed by atoms with Gasteiger partial charge in [-0.2, -0.15) is 0 Å². The molecule has 0 heterocycles. The van der Waals surface area contributed by atoms with E-state index in [0.29, 0.717) is 11.7 Å². The van der Waals surface area contributed by atoms with Crippen molar-refractivity contribution >= 4 is 16.6 Å². The highest BCUT2D eigenvalue weighted by molar-refractivity contribution is 6.01. The summed E-state index contributed by atoms with van der Waals surface area (Å²) in [7, 11) is 0. The van der Waals surface area contributed by atoms with Crippen molar-refractivity contribution in [1.29, 1.82) is 0 Å². The first kappa shape index (κ1) is 21.8. The Hall–Kier alpha value is -1.67. The smallest absolute Gasteiger partial charge is 0.166 e. The maximum atomic E-state index is 13.9. The summed E-state index contributed by atoms with van der Waals surface area (Å²) in [5.74, 6) is 3.53. The monoisotopic (exact) mass is 443 g/mol. The van der Waals surface area contributed by atoms with E-state index in [2.05, 4.69) is 63.2 Å². The molecule has 2 aromatic rings. The SMILES string of the molecule is C[C@H]1CC[C@]2(C)[C@H]3CC[C@@]4(C)C(CC[C@@H]4C(=O)c4ccc5ccccc5c4)[C@@H]3CC[C@]2(N)C1. The lowest BCUT2D eigenvalue weighted by molar-refractivity contribution is -0.126. The molecular weight excluding hydrogens is 402 g/mol. The topological polar surface area (TPSA) is 43.1 Å². The number of hydrogen-bond donors (Lipinski definition) is 1. The summed E-state index contributed by atoms with van der Waals surface area (Å²) in [5, 5.41) is 2.39. The van der Waals surface area contributed by atoms with E-state index in [-0.39, 0.29) is 22.3 Å². The van der Waals surface area contributed by atoms with E-state index in [9.17, 15) is 4.79 Å². The van der Waals surface area contributed by atoms with Crippen LogP contribution in [0, 0.1) is 40.4 Å². The molecule has 176 valence electrons. The summed E-state index contributed by atoms with van der Waals surface area (Å²) < 4.78 is 0. The van der Waals surface area contributed by atoms with E-state index in [0.717, 1.165) is 29.7 Å². The quantitative estimate of drug-likeness (QED) is 0.491. The predicted octanol–water partition coefficient (Wildman–Crippen LogP) is 7.40. The van der Waals surface area contributed by atoms with E-state index in [4.69, 9.17) is 5.73 Å². The first-order chi connectivity index (χ1) is 15.8. The van der Waals surface area contributed by atoms with Gasteiger partial charge in [-0.15, -0.1) is 0 Å². The molecule has 2 N–H and O–H groups in total. The molecule has 4 fully saturated rings. The largest absolute Gasteiger partial charge is 0.325 e. The van der Waals surface area contributed by atoms with Crippen LogP contribution in [0.3, 0.4) is 0 Å². The molecule has 33 heavy (non-hydrogen) atoms. The molecule has 0 spiro atoms. The molecule has 1 unspecified atom stereocenters. The third kappa shape index (κ3) is 3.05. The number of hydrogen-bond acceptors (Lipinski definition) is 2. The van der Waals surface area contributed by atoms with Gasteiger partial charge in [0.15, 0.2) is 5.78 Å². The number of nitrogens with two attached hydrogens (primary N) is 1. The van der Waals surface area contributed by atoms with Crippen molar-refractivity contribution in [3.05, 3.63) is 48.0 Å². The van der Waals surface area contributed by atoms with E-state index in [1.54, 1.807) is 0 Å². The van der Waals surface area contributed by atoms with Gasteiger partial charge in [0.2, 0.25) is 0 Å². The number of carbonyl (C=O) groups is 1. The highest BCUT2D eigenvalue weighted by atomic mass is 16.1. The summed E-state index contributed by atoms with van der Waals surface area (Å²) in [6, 6.07) is 14.7. The molecule has 4 aliphatic rings. The van der Waals surface area contributed by atoms with Gasteiger partial charge in [0.1, 0.15) is 0 Å². The van der Waals surface area contributed by atoms with Crippen LogP contribution in [0.2, 0.25) is 0 Å². The van der Waals surface area contributed by atoms with Crippen molar-refractivity contribution in [3.8, 4) is 0 Å². The zero-order valence-corrected chi connectivity index (χ0v) is 20.8. The second-order valence-corrected chi connectivity index (χ2v) is 12.9. The summed E-state index contributed by atoms with van der Waals surface area (Å²) in [4.78, 5) is 13.9. The Kier molecular flexibility index (Phi) is 4.90. The third-order valence-corrected chi connectivity index (χ3v) is 11.5. The molecule has 0 aliphatic heterocycles. The van der Waals surface area contributed by atoms with Gasteiger partial charge < -0.3 is 5.73 Å². The Balaban J connectivity index is 1.28. The van der Waals surface area contributed by atoms with Crippen LogP contribution in [0.15, 0.2) is 42.5 Å². The molecular formula is C31H41NO. The fourth-order valence-corrected chi connectivity index (χ4v) is 9.57. The molecule has 4 aliphatic carbocycles. The summed E-state index contributed by atoms with van der Waals surface area (Å²) in [6.45, 7) is 7.42. The first-order valence-corrected chi connectivity index (χ1v) is 13.6. The van der Waals surface area contributed by atoms with Gasteiger partial charge in [0, 0.05) is 17.0 Å². The number of carbonyl (C=O) groups excluding carboxylic acids is 1. The Morgan fingerprint density at radius 3 is 2.48 bits per heavy atom. The lowest BCUT2D eigenvalue weighted by atomic mass is 9.42. The molecule has 2 heteroatoms. The van der Waals surface area contributed by atoms with Crippen molar-refractivity contribution in [2.45, 2.75) is 84.1 Å². The van der Waals surface area contributed by atoms with Crippen molar-refractivity contribution in [2.75, 3.05) is 0 Å². The van der Waals surface area contributed by atoms with Crippen LogP contribution in [0.25, 0.3) is 10.8 Å². The number of rotatable bonds is 2. The maximum Gasteiger partial charge on any atom is 0.166 e. The van der Waals surface area contributed by atoms with Crippen molar-refractivity contribution in [2.24, 2.45) is 46.2 Å². The maximum absolute atomic E-state index is 13.9. The second kappa shape index (κ2) is 7.41. The Bertz CT molecular complexity index is 1090. The molecule has 0 saturated heterocycles. The van der Waals surface area contributed by atoms with Gasteiger partial charge in [0.05, 0.1) is 0 Å². The summed E-state index contributed by atoms with van der Waals surface area (Å²) in [5.41, 5.74) is 8.58. The third-order valence-electron chi connectivity index (χ3n) is 11.5. The highest BCUT2D eigenvalue weighted by Crippen LogP contribution is 2.68. The normalized spacial score (nSPS) is 44.7. The summed E-state index contributed by atoms with van der Waals surface area (Å²) >= 11 is 0. The van der Waals surface area contributed by atoms with Crippen LogP contribution in [-0.4, -0.2) is 11.3 Å². The minimum Gasteiger partial charge on any atom is -0.325 e. The van der Waals surface area contributed by atoms with Gasteiger partial charge in [-0.3, -0.25) is 4.79 Å². The molecule has 0 amide bonds. The Labute approximate surface area is 199 Å². The number of benzene rings is 2. The fourth-order valence-electron chi connectivity index (χ4n) is 9.57. The molecule has 4 saturated carbocycles. The molecule has 8 atom stereocenters. The van der Waals surface area contributed by atoms with Crippen molar-refractivity contribution in [3.63, 3.8) is 0 Å². The van der Waals surface area contributed by atoms with Gasteiger partial charge in [-0.25, -0.2) is 0 Å². The van der Waals surface area contributed by atoms with E-state index in [1.807, 2.05) is 0 Å². The zero-order chi connectivity index (χ0) is 23.0. The fraction of sp³-hybridized carbons (Fsp3) is 0.645.